The lowest BCUT2D eigenvalue weighted by molar-refractivity contribution is -0.131. The molecule has 7 heteroatoms. The Bertz CT molecular complexity index is 441. The summed E-state index contributed by atoms with van der Waals surface area (Å²) in [4.78, 5) is 27.4. The second kappa shape index (κ2) is 5.20. The van der Waals surface area contributed by atoms with Crippen molar-refractivity contribution in [2.45, 2.75) is 5.16 Å². The monoisotopic (exact) mass is 227 g/mol. The second-order valence-electron chi connectivity index (χ2n) is 2.53. The molecule has 15 heavy (non-hydrogen) atoms. The molecule has 1 aromatic rings. The first-order valence-electron chi connectivity index (χ1n) is 3.97. The largest absolute Gasteiger partial charge is 0.478 e. The minimum atomic E-state index is -1.01. The third-order valence-corrected chi connectivity index (χ3v) is 2.14. The van der Waals surface area contributed by atoms with Crippen LogP contribution in [0, 0.1) is 0 Å². The smallest absolute Gasteiger partial charge is 0.328 e. The van der Waals surface area contributed by atoms with Gasteiger partial charge in [0.15, 0.2) is 5.16 Å². The molecule has 0 atom stereocenters. The molecule has 1 aromatic heterocycles. The van der Waals surface area contributed by atoms with Gasteiger partial charge in [0.25, 0.3) is 5.56 Å². The molecule has 0 saturated carbocycles. The normalized spacial score (nSPS) is 10.7. The van der Waals surface area contributed by atoms with Crippen LogP contribution in [-0.4, -0.2) is 26.8 Å². The molecule has 0 aliphatic heterocycles. The molecule has 0 bridgehead atoms. The molecular weight excluding hydrogens is 218 g/mol. The van der Waals surface area contributed by atoms with Crippen LogP contribution in [0.5, 0.6) is 0 Å². The zero-order valence-electron chi connectivity index (χ0n) is 7.64. The van der Waals surface area contributed by atoms with Crippen LogP contribution < -0.4 is 11.3 Å². The molecule has 0 fully saturated rings. The molecule has 0 aliphatic carbocycles. The van der Waals surface area contributed by atoms with Gasteiger partial charge in [-0.2, -0.15) is 0 Å². The maximum Gasteiger partial charge on any atom is 0.328 e. The summed E-state index contributed by atoms with van der Waals surface area (Å²) in [6.07, 6.45) is 2.48. The lowest BCUT2D eigenvalue weighted by Crippen LogP contribution is -2.09. The van der Waals surface area contributed by atoms with Gasteiger partial charge < -0.3 is 15.8 Å². The van der Waals surface area contributed by atoms with Crippen LogP contribution in [0.25, 0.3) is 0 Å². The number of carbonyl (C=O) groups is 1. The summed E-state index contributed by atoms with van der Waals surface area (Å²) in [6.45, 7) is 0. The van der Waals surface area contributed by atoms with Crippen molar-refractivity contribution in [3.63, 3.8) is 0 Å². The fourth-order valence-corrected chi connectivity index (χ4v) is 1.49. The maximum atomic E-state index is 11.0. The van der Waals surface area contributed by atoms with E-state index in [1.54, 1.807) is 0 Å². The summed E-state index contributed by atoms with van der Waals surface area (Å²) in [5.41, 5.74) is 5.03. The highest BCUT2D eigenvalue weighted by atomic mass is 32.2. The van der Waals surface area contributed by atoms with E-state index >= 15 is 0 Å². The predicted octanol–water partition coefficient (Wildman–Crippen LogP) is 0.0850. The van der Waals surface area contributed by atoms with E-state index in [9.17, 15) is 9.59 Å². The molecule has 1 heterocycles. The van der Waals surface area contributed by atoms with Crippen molar-refractivity contribution in [2.24, 2.45) is 0 Å². The molecule has 0 aromatic carbocycles. The van der Waals surface area contributed by atoms with E-state index in [4.69, 9.17) is 10.8 Å². The minimum absolute atomic E-state index is 0.142. The zero-order valence-corrected chi connectivity index (χ0v) is 8.45. The summed E-state index contributed by atoms with van der Waals surface area (Å²) in [6, 6.07) is 1.18. The summed E-state index contributed by atoms with van der Waals surface area (Å²) < 4.78 is 0. The average Bonchev–Trinajstić information content (AvgIpc) is 2.10. The number of anilines is 1. The third-order valence-electron chi connectivity index (χ3n) is 1.32. The van der Waals surface area contributed by atoms with E-state index < -0.39 is 5.97 Å². The second-order valence-corrected chi connectivity index (χ2v) is 3.54. The van der Waals surface area contributed by atoms with Crippen LogP contribution in [0.1, 0.15) is 0 Å². The van der Waals surface area contributed by atoms with E-state index in [0.29, 0.717) is 10.9 Å². The van der Waals surface area contributed by atoms with Crippen molar-refractivity contribution in [3.8, 4) is 0 Å². The van der Waals surface area contributed by atoms with Crippen LogP contribution in [0.4, 0.5) is 5.82 Å². The van der Waals surface area contributed by atoms with Crippen molar-refractivity contribution >= 4 is 23.5 Å². The lowest BCUT2D eigenvalue weighted by atomic mass is 10.5. The molecule has 0 amide bonds. The first-order chi connectivity index (χ1) is 7.08. The van der Waals surface area contributed by atoms with Crippen molar-refractivity contribution in [1.82, 2.24) is 9.97 Å². The van der Waals surface area contributed by atoms with Crippen LogP contribution in [-0.2, 0) is 4.79 Å². The topological polar surface area (TPSA) is 109 Å². The number of aromatic nitrogens is 2. The number of H-pyrrole nitrogens is 1. The highest BCUT2D eigenvalue weighted by molar-refractivity contribution is 7.99. The summed E-state index contributed by atoms with van der Waals surface area (Å²) in [5.74, 6) is -0.466. The Labute approximate surface area is 89.2 Å². The van der Waals surface area contributed by atoms with Crippen molar-refractivity contribution in [3.05, 3.63) is 28.6 Å². The van der Waals surface area contributed by atoms with Crippen LogP contribution in [0.2, 0.25) is 0 Å². The Morgan fingerprint density at radius 3 is 3.07 bits per heavy atom. The molecular formula is C8H9N3O3S. The third kappa shape index (κ3) is 4.32. The summed E-state index contributed by atoms with van der Waals surface area (Å²) in [5, 5.41) is 8.68. The van der Waals surface area contributed by atoms with Crippen LogP contribution in [0.3, 0.4) is 0 Å². The molecule has 0 aliphatic rings. The fraction of sp³-hybridized carbons (Fsp3) is 0.125. The Morgan fingerprint density at radius 2 is 2.47 bits per heavy atom. The molecule has 1 rings (SSSR count). The minimum Gasteiger partial charge on any atom is -0.478 e. The Balaban J connectivity index is 2.58. The van der Waals surface area contributed by atoms with Gasteiger partial charge >= 0.3 is 5.97 Å². The van der Waals surface area contributed by atoms with Crippen LogP contribution >= 0.6 is 11.8 Å². The quantitative estimate of drug-likeness (QED) is 0.382. The SMILES string of the molecule is Nc1cc(=O)[nH]c(SCC=CC(=O)O)n1. The van der Waals surface area contributed by atoms with Gasteiger partial charge in [-0.1, -0.05) is 17.8 Å². The number of carboxylic acid groups (broad SMARTS) is 1. The van der Waals surface area contributed by atoms with Crippen molar-refractivity contribution < 1.29 is 9.90 Å². The highest BCUT2D eigenvalue weighted by Crippen LogP contribution is 2.11. The van der Waals surface area contributed by atoms with Gasteiger partial charge in [0.2, 0.25) is 0 Å². The van der Waals surface area contributed by atoms with Gasteiger partial charge in [-0.05, 0) is 0 Å². The molecule has 0 saturated heterocycles. The molecule has 0 unspecified atom stereocenters. The number of thioether (sulfide) groups is 1. The van der Waals surface area contributed by atoms with Gasteiger partial charge in [0.05, 0.1) is 0 Å². The van der Waals surface area contributed by atoms with Gasteiger partial charge in [0.1, 0.15) is 5.82 Å². The molecule has 0 spiro atoms. The predicted molar refractivity (Wildman–Crippen MR) is 56.8 cm³/mol. The number of aromatic amines is 1. The number of nitrogen functional groups attached to an aromatic ring is 1. The van der Waals surface area contributed by atoms with Crippen molar-refractivity contribution in [2.75, 3.05) is 11.5 Å². The number of nitrogens with two attached hydrogens (primary N) is 1. The molecule has 6 nitrogen and oxygen atoms in total. The number of nitrogens with one attached hydrogen (secondary N) is 1. The summed E-state index contributed by atoms with van der Waals surface area (Å²) >= 11 is 1.19. The first kappa shape index (κ1) is 11.3. The average molecular weight is 227 g/mol. The van der Waals surface area contributed by atoms with Crippen molar-refractivity contribution in [1.29, 1.82) is 0 Å². The number of nitrogens with zero attached hydrogens (tertiary/aromatic N) is 1. The summed E-state index contributed by atoms with van der Waals surface area (Å²) in [7, 11) is 0. The van der Waals surface area contributed by atoms with Gasteiger partial charge in [-0.15, -0.1) is 0 Å². The Kier molecular flexibility index (Phi) is 3.92. The molecule has 4 N–H and O–H groups in total. The number of aliphatic carboxylic acids is 1. The van der Waals surface area contributed by atoms with Gasteiger partial charge in [0, 0.05) is 17.9 Å². The fourth-order valence-electron chi connectivity index (χ4n) is 0.798. The van der Waals surface area contributed by atoms with E-state index in [0.717, 1.165) is 6.08 Å². The van der Waals surface area contributed by atoms with Crippen LogP contribution in [0.15, 0.2) is 28.2 Å². The molecule has 80 valence electrons. The van der Waals surface area contributed by atoms with Gasteiger partial charge in [-0.3, -0.25) is 4.79 Å². The standard InChI is InChI=1S/C8H9N3O3S/c9-5-4-6(12)11-8(10-5)15-3-1-2-7(13)14/h1-2,4H,3H2,(H,13,14)(H3,9,10,11,12). The van der Waals surface area contributed by atoms with E-state index in [-0.39, 0.29) is 11.4 Å². The molecule has 0 radical (unpaired) electrons. The number of rotatable bonds is 4. The number of hydrogen-bond donors (Lipinski definition) is 3. The van der Waals surface area contributed by atoms with Gasteiger partial charge in [-0.25, -0.2) is 9.78 Å². The number of carboxylic acids is 1. The number of hydrogen-bond acceptors (Lipinski definition) is 5. The highest BCUT2D eigenvalue weighted by Gasteiger charge is 1.97. The zero-order chi connectivity index (χ0) is 11.3. The Morgan fingerprint density at radius 1 is 1.73 bits per heavy atom. The van der Waals surface area contributed by atoms with E-state index in [1.807, 2.05) is 0 Å². The first-order valence-corrected chi connectivity index (χ1v) is 4.95. The lowest BCUT2D eigenvalue weighted by Gasteiger charge is -1.97. The van der Waals surface area contributed by atoms with E-state index in [1.165, 1.54) is 23.9 Å². The maximum absolute atomic E-state index is 11.0. The Hall–Kier alpha value is -1.76. The van der Waals surface area contributed by atoms with E-state index in [2.05, 4.69) is 9.97 Å².